The van der Waals surface area contributed by atoms with Gasteiger partial charge >= 0.3 is 0 Å². The van der Waals surface area contributed by atoms with Crippen molar-refractivity contribution < 1.29 is 4.79 Å². The number of nitrogens with zero attached hydrogens (tertiary/aromatic N) is 1. The summed E-state index contributed by atoms with van der Waals surface area (Å²) in [5, 5.41) is 3.98. The molecule has 0 saturated carbocycles. The average Bonchev–Trinajstić information content (AvgIpc) is 2.18. The van der Waals surface area contributed by atoms with Crippen LogP contribution >= 0.6 is 27.5 Å². The molecule has 0 unspecified atom stereocenters. The highest BCUT2D eigenvalue weighted by Gasteiger charge is 2.04. The molecule has 0 bridgehead atoms. The molecule has 1 N–H and O–H groups in total. The van der Waals surface area contributed by atoms with E-state index in [4.69, 9.17) is 11.6 Å². The normalized spacial score (nSPS) is 9.86. The number of nitrogens with one attached hydrogen (secondary N) is 1. The SMILES string of the molecule is O=C(NCCCBr)c1ccnc(Cl)c1. The maximum atomic E-state index is 11.5. The van der Waals surface area contributed by atoms with Crippen LogP contribution in [0.5, 0.6) is 0 Å². The predicted molar refractivity (Wildman–Crippen MR) is 60.0 cm³/mol. The average molecular weight is 278 g/mol. The first-order chi connectivity index (χ1) is 6.74. The van der Waals surface area contributed by atoms with Gasteiger partial charge in [-0.25, -0.2) is 4.98 Å². The van der Waals surface area contributed by atoms with Crippen LogP contribution in [0.4, 0.5) is 0 Å². The van der Waals surface area contributed by atoms with Gasteiger partial charge in [-0.15, -0.1) is 0 Å². The number of pyridine rings is 1. The fourth-order valence-electron chi connectivity index (χ4n) is 0.915. The minimum Gasteiger partial charge on any atom is -0.352 e. The summed E-state index contributed by atoms with van der Waals surface area (Å²) < 4.78 is 0. The Morgan fingerprint density at radius 3 is 3.07 bits per heavy atom. The molecule has 0 aliphatic carbocycles. The summed E-state index contributed by atoms with van der Waals surface area (Å²) in [6.45, 7) is 0.657. The lowest BCUT2D eigenvalue weighted by atomic mass is 10.2. The Bertz CT molecular complexity index is 319. The van der Waals surface area contributed by atoms with Gasteiger partial charge in [0.2, 0.25) is 0 Å². The van der Waals surface area contributed by atoms with E-state index in [0.29, 0.717) is 17.3 Å². The first kappa shape index (κ1) is 11.5. The quantitative estimate of drug-likeness (QED) is 0.521. The molecule has 1 aromatic heterocycles. The Morgan fingerprint density at radius 1 is 1.64 bits per heavy atom. The number of carbonyl (C=O) groups excluding carboxylic acids is 1. The fraction of sp³-hybridized carbons (Fsp3) is 0.333. The van der Waals surface area contributed by atoms with Gasteiger partial charge in [-0.2, -0.15) is 0 Å². The molecular formula is C9H10BrClN2O. The van der Waals surface area contributed by atoms with Gasteiger partial charge in [-0.05, 0) is 18.6 Å². The zero-order valence-electron chi connectivity index (χ0n) is 7.46. The lowest BCUT2D eigenvalue weighted by Gasteiger charge is -2.03. The smallest absolute Gasteiger partial charge is 0.251 e. The van der Waals surface area contributed by atoms with Gasteiger partial charge in [0.15, 0.2) is 0 Å². The number of amides is 1. The van der Waals surface area contributed by atoms with Crippen LogP contribution in [0.15, 0.2) is 18.3 Å². The highest BCUT2D eigenvalue weighted by molar-refractivity contribution is 9.09. The zero-order chi connectivity index (χ0) is 10.4. The highest BCUT2D eigenvalue weighted by atomic mass is 79.9. The van der Waals surface area contributed by atoms with Crippen LogP contribution in [-0.2, 0) is 0 Å². The van der Waals surface area contributed by atoms with Crippen LogP contribution in [-0.4, -0.2) is 22.8 Å². The first-order valence-electron chi connectivity index (χ1n) is 4.20. The lowest BCUT2D eigenvalue weighted by molar-refractivity contribution is 0.0953. The molecule has 0 fully saturated rings. The first-order valence-corrected chi connectivity index (χ1v) is 5.69. The second-order valence-electron chi connectivity index (χ2n) is 2.67. The Balaban J connectivity index is 2.52. The second-order valence-corrected chi connectivity index (χ2v) is 3.85. The van der Waals surface area contributed by atoms with Crippen LogP contribution in [0.3, 0.4) is 0 Å². The van der Waals surface area contributed by atoms with Crippen LogP contribution in [0.1, 0.15) is 16.8 Å². The minimum atomic E-state index is -0.116. The van der Waals surface area contributed by atoms with Gasteiger partial charge in [-0.1, -0.05) is 27.5 Å². The monoisotopic (exact) mass is 276 g/mol. The van der Waals surface area contributed by atoms with Gasteiger partial charge in [0.1, 0.15) is 5.15 Å². The number of carbonyl (C=O) groups is 1. The summed E-state index contributed by atoms with van der Waals surface area (Å²) in [6, 6.07) is 3.18. The van der Waals surface area contributed by atoms with E-state index in [2.05, 4.69) is 26.2 Å². The van der Waals surface area contributed by atoms with Crippen molar-refractivity contribution in [2.75, 3.05) is 11.9 Å². The van der Waals surface area contributed by atoms with Crippen molar-refractivity contribution in [3.8, 4) is 0 Å². The minimum absolute atomic E-state index is 0.116. The zero-order valence-corrected chi connectivity index (χ0v) is 9.81. The van der Waals surface area contributed by atoms with Crippen LogP contribution < -0.4 is 5.32 Å². The van der Waals surface area contributed by atoms with Crippen molar-refractivity contribution in [2.45, 2.75) is 6.42 Å². The number of alkyl halides is 1. The summed E-state index contributed by atoms with van der Waals surface area (Å²) in [5.41, 5.74) is 0.541. The molecule has 0 atom stereocenters. The number of hydrogen-bond acceptors (Lipinski definition) is 2. The molecular weight excluding hydrogens is 267 g/mol. The highest BCUT2D eigenvalue weighted by Crippen LogP contribution is 2.06. The number of aromatic nitrogens is 1. The van der Waals surface area contributed by atoms with Crippen molar-refractivity contribution in [2.24, 2.45) is 0 Å². The predicted octanol–water partition coefficient (Wildman–Crippen LogP) is 2.25. The van der Waals surface area contributed by atoms with E-state index in [-0.39, 0.29) is 5.91 Å². The Hall–Kier alpha value is -0.610. The summed E-state index contributed by atoms with van der Waals surface area (Å²) in [5.74, 6) is -0.116. The molecule has 1 heterocycles. The van der Waals surface area contributed by atoms with Gasteiger partial charge in [-0.3, -0.25) is 4.79 Å². The molecule has 1 rings (SSSR count). The van der Waals surface area contributed by atoms with Crippen molar-refractivity contribution in [3.05, 3.63) is 29.0 Å². The molecule has 0 saturated heterocycles. The molecule has 76 valence electrons. The third kappa shape index (κ3) is 3.64. The van der Waals surface area contributed by atoms with Crippen molar-refractivity contribution in [1.82, 2.24) is 10.3 Å². The van der Waals surface area contributed by atoms with Crippen LogP contribution in [0.25, 0.3) is 0 Å². The van der Waals surface area contributed by atoms with Crippen molar-refractivity contribution in [1.29, 1.82) is 0 Å². The molecule has 0 radical (unpaired) electrons. The number of hydrogen-bond donors (Lipinski definition) is 1. The fourth-order valence-corrected chi connectivity index (χ4v) is 1.37. The molecule has 0 aliphatic heterocycles. The third-order valence-electron chi connectivity index (χ3n) is 1.58. The van der Waals surface area contributed by atoms with Crippen molar-refractivity contribution in [3.63, 3.8) is 0 Å². The topological polar surface area (TPSA) is 42.0 Å². The molecule has 0 aliphatic rings. The second kappa shape index (κ2) is 5.98. The largest absolute Gasteiger partial charge is 0.352 e. The molecule has 3 nitrogen and oxygen atoms in total. The Labute approximate surface area is 96.0 Å². The molecule has 1 aromatic rings. The standard InChI is InChI=1S/C9H10BrClN2O/c10-3-1-4-13-9(14)7-2-5-12-8(11)6-7/h2,5-6H,1,3-4H2,(H,13,14). The summed E-state index contributed by atoms with van der Waals surface area (Å²) in [4.78, 5) is 15.3. The molecule has 1 amide bonds. The summed E-state index contributed by atoms with van der Waals surface area (Å²) in [7, 11) is 0. The van der Waals surface area contributed by atoms with E-state index >= 15 is 0 Å². The van der Waals surface area contributed by atoms with Crippen LogP contribution in [0.2, 0.25) is 5.15 Å². The van der Waals surface area contributed by atoms with Crippen molar-refractivity contribution >= 4 is 33.4 Å². The van der Waals surface area contributed by atoms with E-state index in [1.54, 1.807) is 12.1 Å². The molecule has 0 spiro atoms. The van der Waals surface area contributed by atoms with Gasteiger partial charge in [0, 0.05) is 23.6 Å². The van der Waals surface area contributed by atoms with E-state index < -0.39 is 0 Å². The number of rotatable bonds is 4. The van der Waals surface area contributed by atoms with Gasteiger partial charge in [0.05, 0.1) is 0 Å². The van der Waals surface area contributed by atoms with E-state index in [1.165, 1.54) is 6.20 Å². The van der Waals surface area contributed by atoms with E-state index in [9.17, 15) is 4.79 Å². The molecule has 0 aromatic carbocycles. The molecule has 14 heavy (non-hydrogen) atoms. The third-order valence-corrected chi connectivity index (χ3v) is 2.35. The summed E-state index contributed by atoms with van der Waals surface area (Å²) >= 11 is 8.94. The lowest BCUT2D eigenvalue weighted by Crippen LogP contribution is -2.24. The van der Waals surface area contributed by atoms with E-state index in [1.807, 2.05) is 0 Å². The Kier molecular flexibility index (Phi) is 4.90. The Morgan fingerprint density at radius 2 is 2.43 bits per heavy atom. The molecule has 5 heteroatoms. The maximum Gasteiger partial charge on any atom is 0.251 e. The maximum absolute atomic E-state index is 11.5. The van der Waals surface area contributed by atoms with Gasteiger partial charge in [0.25, 0.3) is 5.91 Å². The summed E-state index contributed by atoms with van der Waals surface area (Å²) in [6.07, 6.45) is 2.42. The number of halogens is 2. The van der Waals surface area contributed by atoms with Gasteiger partial charge < -0.3 is 5.32 Å². The van der Waals surface area contributed by atoms with E-state index in [0.717, 1.165) is 11.8 Å². The van der Waals surface area contributed by atoms with Crippen LogP contribution in [0, 0.1) is 0 Å².